The molecule has 2 fully saturated rings. The number of hydrogen-bond donors (Lipinski definition) is 0. The van der Waals surface area contributed by atoms with Crippen LogP contribution in [0.4, 0.5) is 5.69 Å². The van der Waals surface area contributed by atoms with Crippen LogP contribution in [0.1, 0.15) is 24.5 Å². The molecule has 2 aliphatic heterocycles. The van der Waals surface area contributed by atoms with Crippen molar-refractivity contribution in [2.45, 2.75) is 23.0 Å². The van der Waals surface area contributed by atoms with E-state index in [0.29, 0.717) is 5.92 Å². The quantitative estimate of drug-likeness (QED) is 0.611. The van der Waals surface area contributed by atoms with E-state index in [1.165, 1.54) is 11.3 Å². The fourth-order valence-corrected chi connectivity index (χ4v) is 6.27. The summed E-state index contributed by atoms with van der Waals surface area (Å²) in [5, 5.41) is 0. The molecule has 8 nitrogen and oxygen atoms in total. The molecule has 0 amide bonds. The highest BCUT2D eigenvalue weighted by Gasteiger charge is 2.28. The molecule has 0 radical (unpaired) electrons. The third-order valence-corrected chi connectivity index (χ3v) is 8.58. The van der Waals surface area contributed by atoms with Crippen molar-refractivity contribution in [3.63, 3.8) is 0 Å². The first-order chi connectivity index (χ1) is 14.7. The predicted octanol–water partition coefficient (Wildman–Crippen LogP) is 2.14. The summed E-state index contributed by atoms with van der Waals surface area (Å²) in [4.78, 5) is 22.7. The molecule has 30 heavy (non-hydrogen) atoms. The normalized spacial score (nSPS) is 20.6. The summed E-state index contributed by atoms with van der Waals surface area (Å²) in [6, 6.07) is 2.15. The standard InChI is InChI=1S/C20H25N7OS2/c1-25-6-8-26(9-7-25)16-10-17-20(22-11-16)19(24-13-23-17)15-2-4-27(5-3-15)30(28)18-12-21-14-29-18/h10-15H,2-9H2,1H3. The Kier molecular flexibility index (Phi) is 5.72. The van der Waals surface area contributed by atoms with E-state index < -0.39 is 11.0 Å². The summed E-state index contributed by atoms with van der Waals surface area (Å²) < 4.78 is 15.5. The number of piperidine rings is 1. The minimum absolute atomic E-state index is 0.312. The zero-order valence-corrected chi connectivity index (χ0v) is 18.6. The number of pyridine rings is 1. The number of rotatable bonds is 4. The molecule has 3 aromatic rings. The second-order valence-corrected chi connectivity index (χ2v) is 10.5. The van der Waals surface area contributed by atoms with Crippen LogP contribution in [0.15, 0.2) is 34.5 Å². The van der Waals surface area contributed by atoms with Crippen LogP contribution in [0.2, 0.25) is 0 Å². The number of anilines is 1. The number of nitrogens with zero attached hydrogens (tertiary/aromatic N) is 7. The molecule has 2 aliphatic rings. The average Bonchev–Trinajstić information content (AvgIpc) is 3.33. The lowest BCUT2D eigenvalue weighted by molar-refractivity contribution is 0.313. The van der Waals surface area contributed by atoms with Crippen LogP contribution < -0.4 is 4.90 Å². The smallest absolute Gasteiger partial charge is 0.139 e. The minimum atomic E-state index is -1.11. The van der Waals surface area contributed by atoms with Gasteiger partial charge in [-0.15, -0.1) is 11.3 Å². The van der Waals surface area contributed by atoms with Gasteiger partial charge in [-0.05, 0) is 26.0 Å². The zero-order valence-electron chi connectivity index (χ0n) is 17.0. The number of thiazole rings is 1. The van der Waals surface area contributed by atoms with Crippen LogP contribution in [-0.4, -0.2) is 79.7 Å². The van der Waals surface area contributed by atoms with E-state index in [-0.39, 0.29) is 0 Å². The second-order valence-electron chi connectivity index (χ2n) is 7.88. The maximum atomic E-state index is 12.7. The third kappa shape index (κ3) is 3.96. The van der Waals surface area contributed by atoms with Gasteiger partial charge < -0.3 is 9.80 Å². The van der Waals surface area contributed by atoms with Crippen LogP contribution in [0.25, 0.3) is 11.0 Å². The molecule has 0 N–H and O–H groups in total. The van der Waals surface area contributed by atoms with Crippen molar-refractivity contribution in [1.82, 2.24) is 29.1 Å². The Labute approximate surface area is 182 Å². The third-order valence-electron chi connectivity index (χ3n) is 6.01. The zero-order chi connectivity index (χ0) is 20.5. The first-order valence-corrected chi connectivity index (χ1v) is 12.3. The van der Waals surface area contributed by atoms with Crippen LogP contribution >= 0.6 is 11.3 Å². The van der Waals surface area contributed by atoms with Crippen LogP contribution in [0, 0.1) is 0 Å². The molecule has 5 rings (SSSR count). The van der Waals surface area contributed by atoms with Crippen molar-refractivity contribution in [3.05, 3.63) is 36.0 Å². The van der Waals surface area contributed by atoms with Crippen LogP contribution in [-0.2, 0) is 11.0 Å². The predicted molar refractivity (Wildman–Crippen MR) is 119 cm³/mol. The molecule has 5 heterocycles. The van der Waals surface area contributed by atoms with Gasteiger partial charge in [-0.1, -0.05) is 0 Å². The van der Waals surface area contributed by atoms with Gasteiger partial charge in [-0.2, -0.15) is 0 Å². The van der Waals surface area contributed by atoms with Crippen molar-refractivity contribution in [2.75, 3.05) is 51.2 Å². The molecule has 0 bridgehead atoms. The molecule has 158 valence electrons. The lowest BCUT2D eigenvalue weighted by Gasteiger charge is -2.34. The van der Waals surface area contributed by atoms with Crippen molar-refractivity contribution in [1.29, 1.82) is 0 Å². The molecular weight excluding hydrogens is 418 g/mol. The van der Waals surface area contributed by atoms with E-state index in [0.717, 1.165) is 78.7 Å². The Morgan fingerprint density at radius 2 is 1.83 bits per heavy atom. The Hall–Kier alpha value is -2.01. The molecule has 2 saturated heterocycles. The minimum Gasteiger partial charge on any atom is -0.368 e. The number of hydrogen-bond acceptors (Lipinski definition) is 8. The molecule has 0 spiro atoms. The second kappa shape index (κ2) is 8.62. The first-order valence-electron chi connectivity index (χ1n) is 10.3. The summed E-state index contributed by atoms with van der Waals surface area (Å²) >= 11 is 1.45. The molecule has 3 aromatic heterocycles. The highest BCUT2D eigenvalue weighted by Crippen LogP contribution is 2.32. The Bertz CT molecular complexity index is 1030. The molecule has 10 heteroatoms. The molecule has 0 aliphatic carbocycles. The number of piperazine rings is 1. The van der Waals surface area contributed by atoms with Gasteiger partial charge in [0, 0.05) is 45.2 Å². The number of fused-ring (bicyclic) bond motifs is 1. The first kappa shape index (κ1) is 19.9. The van der Waals surface area contributed by atoms with Gasteiger partial charge in [-0.25, -0.2) is 18.5 Å². The molecule has 1 atom stereocenters. The van der Waals surface area contributed by atoms with Gasteiger partial charge in [-0.3, -0.25) is 9.97 Å². The van der Waals surface area contributed by atoms with E-state index in [2.05, 4.69) is 37.9 Å². The average molecular weight is 444 g/mol. The van der Waals surface area contributed by atoms with Crippen molar-refractivity contribution in [3.8, 4) is 0 Å². The molecule has 1 unspecified atom stereocenters. The van der Waals surface area contributed by atoms with Gasteiger partial charge >= 0.3 is 0 Å². The van der Waals surface area contributed by atoms with E-state index in [1.54, 1.807) is 18.0 Å². The molecular formula is C20H25N7OS2. The van der Waals surface area contributed by atoms with Gasteiger partial charge in [0.25, 0.3) is 0 Å². The summed E-state index contributed by atoms with van der Waals surface area (Å²) in [5.41, 5.74) is 5.70. The van der Waals surface area contributed by atoms with Gasteiger partial charge in [0.15, 0.2) is 0 Å². The fraction of sp³-hybridized carbons (Fsp3) is 0.500. The largest absolute Gasteiger partial charge is 0.368 e. The monoisotopic (exact) mass is 443 g/mol. The highest BCUT2D eigenvalue weighted by atomic mass is 32.2. The lowest BCUT2D eigenvalue weighted by atomic mass is 9.93. The van der Waals surface area contributed by atoms with Gasteiger partial charge in [0.1, 0.15) is 27.0 Å². The maximum Gasteiger partial charge on any atom is 0.139 e. The topological polar surface area (TPSA) is 78.4 Å². The number of aromatic nitrogens is 4. The number of likely N-dealkylation sites (N-methyl/N-ethyl adjacent to an activating group) is 1. The van der Waals surface area contributed by atoms with E-state index in [9.17, 15) is 4.21 Å². The van der Waals surface area contributed by atoms with Crippen molar-refractivity contribution < 1.29 is 4.21 Å². The Morgan fingerprint density at radius 1 is 1.03 bits per heavy atom. The van der Waals surface area contributed by atoms with Gasteiger partial charge in [0.05, 0.1) is 34.8 Å². The van der Waals surface area contributed by atoms with Gasteiger partial charge in [0.2, 0.25) is 0 Å². The van der Waals surface area contributed by atoms with E-state index in [4.69, 9.17) is 4.98 Å². The Morgan fingerprint density at radius 3 is 2.57 bits per heavy atom. The fourth-order valence-electron chi connectivity index (χ4n) is 4.20. The summed E-state index contributed by atoms with van der Waals surface area (Å²) in [7, 11) is 1.05. The highest BCUT2D eigenvalue weighted by molar-refractivity contribution is 7.85. The SMILES string of the molecule is CN1CCN(c2cnc3c(C4CCN(S(=O)c5cncs5)CC4)ncnc3c2)CC1. The van der Waals surface area contributed by atoms with Crippen molar-refractivity contribution in [2.24, 2.45) is 0 Å². The summed E-state index contributed by atoms with van der Waals surface area (Å²) in [6.45, 7) is 5.71. The summed E-state index contributed by atoms with van der Waals surface area (Å²) in [5.74, 6) is 0.312. The Balaban J connectivity index is 1.32. The molecule has 0 aromatic carbocycles. The maximum absolute atomic E-state index is 12.7. The molecule has 0 saturated carbocycles. The van der Waals surface area contributed by atoms with E-state index in [1.807, 2.05) is 10.5 Å². The summed E-state index contributed by atoms with van der Waals surface area (Å²) in [6.07, 6.45) is 7.16. The van der Waals surface area contributed by atoms with Crippen molar-refractivity contribution >= 4 is 39.0 Å². The van der Waals surface area contributed by atoms with Crippen LogP contribution in [0.3, 0.4) is 0 Å². The lowest BCUT2D eigenvalue weighted by Crippen LogP contribution is -2.44. The van der Waals surface area contributed by atoms with Crippen LogP contribution in [0.5, 0.6) is 0 Å². The van der Waals surface area contributed by atoms with E-state index >= 15 is 0 Å².